The van der Waals surface area contributed by atoms with Crippen molar-refractivity contribution in [2.24, 2.45) is 5.73 Å². The van der Waals surface area contributed by atoms with E-state index in [1.807, 2.05) is 34.0 Å². The minimum atomic E-state index is -0.364. The highest BCUT2D eigenvalue weighted by molar-refractivity contribution is 6.01. The van der Waals surface area contributed by atoms with Crippen molar-refractivity contribution >= 4 is 11.7 Å². The van der Waals surface area contributed by atoms with E-state index in [1.165, 1.54) is 0 Å². The van der Waals surface area contributed by atoms with E-state index in [9.17, 15) is 5.11 Å². The van der Waals surface area contributed by atoms with E-state index in [0.717, 1.165) is 23.6 Å². The lowest BCUT2D eigenvalue weighted by atomic mass is 10.1. The molecule has 0 amide bonds. The second-order valence-electron chi connectivity index (χ2n) is 6.15. The first kappa shape index (κ1) is 15.7. The van der Waals surface area contributed by atoms with E-state index in [2.05, 4.69) is 14.8 Å². The topological polar surface area (TPSA) is 89.5 Å². The minimum Gasteiger partial charge on any atom is -0.391 e. The second-order valence-corrected chi connectivity index (χ2v) is 6.15. The molecule has 1 fully saturated rings. The van der Waals surface area contributed by atoms with Gasteiger partial charge >= 0.3 is 0 Å². The first-order valence-electron chi connectivity index (χ1n) is 7.21. The van der Waals surface area contributed by atoms with Crippen molar-refractivity contribution in [1.82, 2.24) is 9.88 Å². The number of nitrogens with two attached hydrogens (primary N) is 1. The summed E-state index contributed by atoms with van der Waals surface area (Å²) in [5.74, 6) is 0.753. The number of aliphatic hydroxyl groups excluding tert-OH is 1. The Balaban J connectivity index is 2.46. The van der Waals surface area contributed by atoms with Gasteiger partial charge in [-0.15, -0.1) is 0 Å². The summed E-state index contributed by atoms with van der Waals surface area (Å²) in [6.07, 6.45) is 0.349. The highest BCUT2D eigenvalue weighted by Gasteiger charge is 2.34. The average Bonchev–Trinajstić information content (AvgIpc) is 2.67. The lowest BCUT2D eigenvalue weighted by molar-refractivity contribution is 0.191. The first-order chi connectivity index (χ1) is 9.79. The van der Waals surface area contributed by atoms with Crippen molar-refractivity contribution in [3.8, 4) is 0 Å². The lowest BCUT2D eigenvalue weighted by Crippen LogP contribution is -2.39. The maximum Gasteiger partial charge on any atom is 0.140 e. The van der Waals surface area contributed by atoms with E-state index in [-0.39, 0.29) is 18.0 Å². The van der Waals surface area contributed by atoms with Crippen LogP contribution in [0.2, 0.25) is 0 Å². The number of pyridine rings is 1. The maximum atomic E-state index is 10.0. The van der Waals surface area contributed by atoms with Crippen molar-refractivity contribution in [2.75, 3.05) is 32.1 Å². The van der Waals surface area contributed by atoms with Gasteiger partial charge in [0.05, 0.1) is 11.7 Å². The molecule has 116 valence electrons. The van der Waals surface area contributed by atoms with Gasteiger partial charge in [0.1, 0.15) is 11.7 Å². The monoisotopic (exact) mass is 291 g/mol. The van der Waals surface area contributed by atoms with E-state index < -0.39 is 0 Å². The van der Waals surface area contributed by atoms with Crippen molar-refractivity contribution in [1.29, 1.82) is 5.41 Å². The van der Waals surface area contributed by atoms with Gasteiger partial charge in [-0.2, -0.15) is 0 Å². The van der Waals surface area contributed by atoms with E-state index in [0.29, 0.717) is 18.5 Å². The number of amidine groups is 1. The molecule has 2 unspecified atom stereocenters. The Morgan fingerprint density at radius 1 is 1.52 bits per heavy atom. The zero-order valence-corrected chi connectivity index (χ0v) is 13.2. The molecule has 0 spiro atoms. The van der Waals surface area contributed by atoms with Crippen molar-refractivity contribution in [3.63, 3.8) is 0 Å². The van der Waals surface area contributed by atoms with Crippen molar-refractivity contribution < 1.29 is 5.11 Å². The number of aliphatic hydroxyl groups is 1. The standard InChI is InChI=1S/C15H25N5O/c1-9-5-10(2)18-15(13(9)14(16)17)20-8-12(21)6-11(20)7-19(3)4/h5,11-12,21H,6-8H2,1-4H3,(H3,16,17). The highest BCUT2D eigenvalue weighted by atomic mass is 16.3. The fourth-order valence-corrected chi connectivity index (χ4v) is 3.10. The van der Waals surface area contributed by atoms with Crippen molar-refractivity contribution in [3.05, 3.63) is 22.9 Å². The quantitative estimate of drug-likeness (QED) is 0.555. The second kappa shape index (κ2) is 5.99. The van der Waals surface area contributed by atoms with Gasteiger partial charge < -0.3 is 20.6 Å². The van der Waals surface area contributed by atoms with Crippen LogP contribution in [0.5, 0.6) is 0 Å². The van der Waals surface area contributed by atoms with Crippen LogP contribution in [-0.4, -0.2) is 60.2 Å². The Kier molecular flexibility index (Phi) is 4.49. The summed E-state index contributed by atoms with van der Waals surface area (Å²) < 4.78 is 0. The van der Waals surface area contributed by atoms with Crippen LogP contribution in [-0.2, 0) is 0 Å². The molecule has 1 aliphatic rings. The molecule has 6 heteroatoms. The molecule has 1 saturated heterocycles. The summed E-state index contributed by atoms with van der Waals surface area (Å²) in [5, 5.41) is 17.9. The Labute approximate surface area is 126 Å². The Morgan fingerprint density at radius 3 is 2.76 bits per heavy atom. The van der Waals surface area contributed by atoms with Crippen LogP contribution in [0, 0.1) is 19.3 Å². The molecule has 0 aromatic carbocycles. The Hall–Kier alpha value is -1.66. The minimum absolute atomic E-state index is 0.0278. The number of hydrogen-bond acceptors (Lipinski definition) is 5. The van der Waals surface area contributed by atoms with E-state index >= 15 is 0 Å². The smallest absolute Gasteiger partial charge is 0.140 e. The van der Waals surface area contributed by atoms with Crippen LogP contribution in [0.25, 0.3) is 0 Å². The van der Waals surface area contributed by atoms with Crippen LogP contribution in [0.1, 0.15) is 23.2 Å². The zero-order chi connectivity index (χ0) is 15.7. The van der Waals surface area contributed by atoms with Gasteiger partial charge in [0.15, 0.2) is 0 Å². The van der Waals surface area contributed by atoms with Gasteiger partial charge in [0.2, 0.25) is 0 Å². The van der Waals surface area contributed by atoms with Crippen LogP contribution in [0.15, 0.2) is 6.07 Å². The molecule has 0 saturated carbocycles. The summed E-state index contributed by atoms with van der Waals surface area (Å²) in [5.41, 5.74) is 8.29. The fraction of sp³-hybridized carbons (Fsp3) is 0.600. The molecule has 0 bridgehead atoms. The number of hydrogen-bond donors (Lipinski definition) is 3. The van der Waals surface area contributed by atoms with Crippen LogP contribution >= 0.6 is 0 Å². The molecule has 2 rings (SSSR count). The van der Waals surface area contributed by atoms with Crippen molar-refractivity contribution in [2.45, 2.75) is 32.4 Å². The molecular weight excluding hydrogens is 266 g/mol. The molecule has 2 atom stereocenters. The number of nitrogens with one attached hydrogen (secondary N) is 1. The van der Waals surface area contributed by atoms with Gasteiger partial charge in [-0.1, -0.05) is 0 Å². The summed E-state index contributed by atoms with van der Waals surface area (Å²) in [6.45, 7) is 5.26. The number of aromatic nitrogens is 1. The molecule has 21 heavy (non-hydrogen) atoms. The summed E-state index contributed by atoms with van der Waals surface area (Å²) in [6, 6.07) is 2.12. The maximum absolute atomic E-state index is 10.0. The predicted molar refractivity (Wildman–Crippen MR) is 85.0 cm³/mol. The third-order valence-electron chi connectivity index (χ3n) is 3.84. The van der Waals surface area contributed by atoms with Crippen LogP contribution < -0.4 is 10.6 Å². The molecule has 4 N–H and O–H groups in total. The summed E-state index contributed by atoms with van der Waals surface area (Å²) in [4.78, 5) is 8.81. The molecule has 0 radical (unpaired) electrons. The van der Waals surface area contributed by atoms with E-state index in [1.54, 1.807) is 0 Å². The van der Waals surface area contributed by atoms with E-state index in [4.69, 9.17) is 11.1 Å². The molecule has 2 heterocycles. The number of nitrogens with zero attached hydrogens (tertiary/aromatic N) is 3. The molecule has 0 aliphatic carbocycles. The van der Waals surface area contributed by atoms with Crippen LogP contribution in [0.3, 0.4) is 0 Å². The van der Waals surface area contributed by atoms with Crippen LogP contribution in [0.4, 0.5) is 5.82 Å². The molecule has 6 nitrogen and oxygen atoms in total. The molecule has 1 aromatic heterocycles. The van der Waals surface area contributed by atoms with Gasteiger partial charge in [-0.3, -0.25) is 5.41 Å². The molecule has 1 aromatic rings. The largest absolute Gasteiger partial charge is 0.391 e. The number of likely N-dealkylation sites (N-methyl/N-ethyl adjacent to an activating group) is 1. The highest BCUT2D eigenvalue weighted by Crippen LogP contribution is 2.29. The fourth-order valence-electron chi connectivity index (χ4n) is 3.10. The van der Waals surface area contributed by atoms with Gasteiger partial charge in [0, 0.05) is 24.8 Å². The van der Waals surface area contributed by atoms with Gasteiger partial charge in [-0.25, -0.2) is 4.98 Å². The number of aryl methyl sites for hydroxylation is 2. The first-order valence-corrected chi connectivity index (χ1v) is 7.21. The summed E-state index contributed by atoms with van der Waals surface area (Å²) in [7, 11) is 4.04. The lowest BCUT2D eigenvalue weighted by Gasteiger charge is -2.30. The molecule has 1 aliphatic heterocycles. The number of anilines is 1. The Bertz CT molecular complexity index is 543. The number of nitrogen functional groups attached to an aromatic ring is 1. The zero-order valence-electron chi connectivity index (χ0n) is 13.2. The average molecular weight is 291 g/mol. The van der Waals surface area contributed by atoms with Gasteiger partial charge in [0.25, 0.3) is 0 Å². The molecular formula is C15H25N5O. The SMILES string of the molecule is Cc1cc(C)c(C(=N)N)c(N2CC(O)CC2CN(C)C)n1. The summed E-state index contributed by atoms with van der Waals surface area (Å²) >= 11 is 0. The third kappa shape index (κ3) is 3.33. The normalized spacial score (nSPS) is 22.1. The Morgan fingerprint density at radius 2 is 2.19 bits per heavy atom. The third-order valence-corrected chi connectivity index (χ3v) is 3.84. The van der Waals surface area contributed by atoms with Gasteiger partial charge in [-0.05, 0) is 46.0 Å². The number of rotatable bonds is 4. The predicted octanol–water partition coefficient (Wildman–Crippen LogP) is 0.484. The number of β-amino-alcohol motifs (C(OH)–C–C–N with tert-alkyl or cyclic N) is 1.